The maximum absolute atomic E-state index is 9.28. The van der Waals surface area contributed by atoms with Gasteiger partial charge in [-0.25, -0.2) is 4.98 Å². The Balaban J connectivity index is 1.93. The molecule has 0 unspecified atom stereocenters. The van der Waals surface area contributed by atoms with E-state index >= 15 is 0 Å². The SMILES string of the molecule is CC(C)(C)NCc1cncn1CCc1ccc(O)cc1. The molecule has 2 N–H and O–H groups in total. The van der Waals surface area contributed by atoms with Gasteiger partial charge in [0.25, 0.3) is 0 Å². The van der Waals surface area contributed by atoms with Crippen molar-refractivity contribution >= 4 is 0 Å². The van der Waals surface area contributed by atoms with E-state index in [4.69, 9.17) is 0 Å². The number of nitrogens with zero attached hydrogens (tertiary/aromatic N) is 2. The van der Waals surface area contributed by atoms with Crippen LogP contribution in [0, 0.1) is 0 Å². The van der Waals surface area contributed by atoms with Crippen molar-refractivity contribution in [2.45, 2.75) is 45.8 Å². The fourth-order valence-electron chi connectivity index (χ4n) is 1.96. The number of hydrogen-bond acceptors (Lipinski definition) is 3. The van der Waals surface area contributed by atoms with Gasteiger partial charge in [0.2, 0.25) is 0 Å². The molecule has 0 amide bonds. The summed E-state index contributed by atoms with van der Waals surface area (Å²) in [6, 6.07) is 7.37. The molecule has 0 aliphatic carbocycles. The maximum Gasteiger partial charge on any atom is 0.115 e. The molecular weight excluding hydrogens is 250 g/mol. The molecule has 2 rings (SSSR count). The van der Waals surface area contributed by atoms with E-state index in [2.05, 4.69) is 35.6 Å². The summed E-state index contributed by atoms with van der Waals surface area (Å²) in [7, 11) is 0. The first kappa shape index (κ1) is 14.6. The highest BCUT2D eigenvalue weighted by Crippen LogP contribution is 2.11. The van der Waals surface area contributed by atoms with Crippen molar-refractivity contribution < 1.29 is 5.11 Å². The summed E-state index contributed by atoms with van der Waals surface area (Å²) in [6.45, 7) is 8.18. The highest BCUT2D eigenvalue weighted by molar-refractivity contribution is 5.25. The third-order valence-corrected chi connectivity index (χ3v) is 3.18. The van der Waals surface area contributed by atoms with E-state index in [9.17, 15) is 5.11 Å². The molecular formula is C16H23N3O. The molecule has 20 heavy (non-hydrogen) atoms. The van der Waals surface area contributed by atoms with Crippen molar-refractivity contribution in [3.63, 3.8) is 0 Å². The molecule has 1 heterocycles. The average Bonchev–Trinajstić information content (AvgIpc) is 2.82. The predicted molar refractivity (Wildman–Crippen MR) is 80.6 cm³/mol. The number of aromatic nitrogens is 2. The lowest BCUT2D eigenvalue weighted by molar-refractivity contribution is 0.415. The fraction of sp³-hybridized carbons (Fsp3) is 0.438. The van der Waals surface area contributed by atoms with Crippen LogP contribution in [0.2, 0.25) is 0 Å². The zero-order valence-corrected chi connectivity index (χ0v) is 12.4. The van der Waals surface area contributed by atoms with E-state index in [0.29, 0.717) is 5.75 Å². The molecule has 2 aromatic rings. The number of benzene rings is 1. The van der Waals surface area contributed by atoms with Crippen LogP contribution < -0.4 is 5.32 Å². The Morgan fingerprint density at radius 3 is 2.55 bits per heavy atom. The van der Waals surface area contributed by atoms with Crippen molar-refractivity contribution in [3.8, 4) is 5.75 Å². The Bertz CT molecular complexity index is 538. The van der Waals surface area contributed by atoms with Crippen LogP contribution in [0.15, 0.2) is 36.8 Å². The van der Waals surface area contributed by atoms with Crippen LogP contribution in [0.1, 0.15) is 32.0 Å². The first-order valence-corrected chi connectivity index (χ1v) is 6.96. The predicted octanol–water partition coefficient (Wildman–Crippen LogP) is 2.72. The normalized spacial score (nSPS) is 11.8. The molecule has 108 valence electrons. The number of imidazole rings is 1. The molecule has 1 aromatic carbocycles. The molecule has 0 radical (unpaired) electrons. The molecule has 0 fully saturated rings. The third-order valence-electron chi connectivity index (χ3n) is 3.18. The number of aromatic hydroxyl groups is 1. The standard InChI is InChI=1S/C16H23N3O/c1-16(2,3)18-11-14-10-17-12-19(14)9-8-13-4-6-15(20)7-5-13/h4-7,10,12,18,20H,8-9,11H2,1-3H3. The molecule has 0 aliphatic heterocycles. The number of nitrogens with one attached hydrogen (secondary N) is 1. The monoisotopic (exact) mass is 273 g/mol. The van der Waals surface area contributed by atoms with Gasteiger partial charge in [0.15, 0.2) is 0 Å². The van der Waals surface area contributed by atoms with Crippen LogP contribution in [-0.4, -0.2) is 20.2 Å². The minimum atomic E-state index is 0.103. The summed E-state index contributed by atoms with van der Waals surface area (Å²) < 4.78 is 2.17. The first-order valence-electron chi connectivity index (χ1n) is 6.96. The van der Waals surface area contributed by atoms with Crippen LogP contribution >= 0.6 is 0 Å². The van der Waals surface area contributed by atoms with E-state index in [1.165, 1.54) is 11.3 Å². The lowest BCUT2D eigenvalue weighted by Gasteiger charge is -2.21. The van der Waals surface area contributed by atoms with Gasteiger partial charge in [-0.2, -0.15) is 0 Å². The molecule has 0 saturated carbocycles. The molecule has 4 heteroatoms. The van der Waals surface area contributed by atoms with Crippen molar-refractivity contribution in [2.75, 3.05) is 0 Å². The zero-order chi connectivity index (χ0) is 14.6. The van der Waals surface area contributed by atoms with Gasteiger partial charge < -0.3 is 15.0 Å². The van der Waals surface area contributed by atoms with Gasteiger partial charge >= 0.3 is 0 Å². The van der Waals surface area contributed by atoms with Crippen molar-refractivity contribution in [1.29, 1.82) is 0 Å². The minimum absolute atomic E-state index is 0.103. The Labute approximate surface area is 120 Å². The lowest BCUT2D eigenvalue weighted by atomic mass is 10.1. The van der Waals surface area contributed by atoms with Crippen LogP contribution in [0.3, 0.4) is 0 Å². The second kappa shape index (κ2) is 6.09. The van der Waals surface area contributed by atoms with Gasteiger partial charge in [-0.05, 0) is 44.9 Å². The summed E-state index contributed by atoms with van der Waals surface area (Å²) >= 11 is 0. The number of hydrogen-bond donors (Lipinski definition) is 2. The second-order valence-electron chi connectivity index (χ2n) is 6.10. The molecule has 0 saturated heterocycles. The Kier molecular flexibility index (Phi) is 4.45. The summed E-state index contributed by atoms with van der Waals surface area (Å²) in [6.07, 6.45) is 4.72. The Hall–Kier alpha value is -1.81. The molecule has 1 aromatic heterocycles. The second-order valence-corrected chi connectivity index (χ2v) is 6.10. The molecule has 0 atom stereocenters. The molecule has 0 spiro atoms. The lowest BCUT2D eigenvalue weighted by Crippen LogP contribution is -2.35. The number of phenols is 1. The smallest absolute Gasteiger partial charge is 0.115 e. The number of aryl methyl sites for hydroxylation is 2. The van der Waals surface area contributed by atoms with Crippen molar-refractivity contribution in [3.05, 3.63) is 48.0 Å². The first-order chi connectivity index (χ1) is 9.44. The van der Waals surface area contributed by atoms with E-state index in [-0.39, 0.29) is 5.54 Å². The van der Waals surface area contributed by atoms with E-state index in [1.807, 2.05) is 24.7 Å². The van der Waals surface area contributed by atoms with Crippen molar-refractivity contribution in [2.24, 2.45) is 0 Å². The van der Waals surface area contributed by atoms with E-state index < -0.39 is 0 Å². The van der Waals surface area contributed by atoms with Gasteiger partial charge in [-0.15, -0.1) is 0 Å². The largest absolute Gasteiger partial charge is 0.508 e. The van der Waals surface area contributed by atoms with E-state index in [1.54, 1.807) is 12.1 Å². The summed E-state index contributed by atoms with van der Waals surface area (Å²) in [5.41, 5.74) is 2.51. The van der Waals surface area contributed by atoms with E-state index in [0.717, 1.165) is 19.5 Å². The number of phenolic OH excluding ortho intramolecular Hbond substituents is 1. The van der Waals surface area contributed by atoms with Crippen LogP contribution in [0.25, 0.3) is 0 Å². The summed E-state index contributed by atoms with van der Waals surface area (Å²) in [4.78, 5) is 4.23. The summed E-state index contributed by atoms with van der Waals surface area (Å²) in [5.74, 6) is 0.312. The Morgan fingerprint density at radius 1 is 1.20 bits per heavy atom. The van der Waals surface area contributed by atoms with Crippen LogP contribution in [-0.2, 0) is 19.5 Å². The Morgan fingerprint density at radius 2 is 1.90 bits per heavy atom. The highest BCUT2D eigenvalue weighted by Gasteiger charge is 2.10. The molecule has 0 bridgehead atoms. The maximum atomic E-state index is 9.28. The van der Waals surface area contributed by atoms with Crippen LogP contribution in [0.4, 0.5) is 0 Å². The zero-order valence-electron chi connectivity index (χ0n) is 12.4. The van der Waals surface area contributed by atoms with Crippen LogP contribution in [0.5, 0.6) is 5.75 Å². The van der Waals surface area contributed by atoms with Crippen molar-refractivity contribution in [1.82, 2.24) is 14.9 Å². The molecule has 4 nitrogen and oxygen atoms in total. The average molecular weight is 273 g/mol. The highest BCUT2D eigenvalue weighted by atomic mass is 16.3. The minimum Gasteiger partial charge on any atom is -0.508 e. The number of rotatable bonds is 5. The fourth-order valence-corrected chi connectivity index (χ4v) is 1.96. The van der Waals surface area contributed by atoms with Gasteiger partial charge in [0.1, 0.15) is 5.75 Å². The van der Waals surface area contributed by atoms with Gasteiger partial charge in [-0.1, -0.05) is 12.1 Å². The summed E-state index contributed by atoms with van der Waals surface area (Å²) in [5, 5.41) is 12.8. The molecule has 0 aliphatic rings. The van der Waals surface area contributed by atoms with Gasteiger partial charge in [0, 0.05) is 24.8 Å². The third kappa shape index (κ3) is 4.38. The quantitative estimate of drug-likeness (QED) is 0.880. The topological polar surface area (TPSA) is 50.1 Å². The van der Waals surface area contributed by atoms with Gasteiger partial charge in [-0.3, -0.25) is 0 Å². The van der Waals surface area contributed by atoms with Gasteiger partial charge in [0.05, 0.1) is 12.0 Å².